The molecule has 0 aliphatic rings. The molecule has 0 radical (unpaired) electrons. The number of carboxylic acids is 1. The van der Waals surface area contributed by atoms with Crippen LogP contribution < -0.4 is 4.72 Å². The van der Waals surface area contributed by atoms with Crippen LogP contribution in [0, 0.1) is 0 Å². The number of carboxylic acid groups (broad SMARTS) is 1. The molecule has 0 amide bonds. The van der Waals surface area contributed by atoms with Gasteiger partial charge in [-0.1, -0.05) is 55.8 Å². The Morgan fingerprint density at radius 2 is 1.79 bits per heavy atom. The Hall–Kier alpha value is -3.34. The third-order valence-corrected chi connectivity index (χ3v) is 6.09. The molecule has 3 aromatic rings. The third kappa shape index (κ3) is 5.54. The number of nitrogens with zero attached hydrogens (tertiary/aromatic N) is 2. The van der Waals surface area contributed by atoms with Gasteiger partial charge in [0.15, 0.2) is 0 Å². The van der Waals surface area contributed by atoms with Crippen LogP contribution in [0.3, 0.4) is 0 Å². The van der Waals surface area contributed by atoms with Crippen LogP contribution in [0.5, 0.6) is 0 Å². The molecule has 0 aliphatic heterocycles. The highest BCUT2D eigenvalue weighted by atomic mass is 32.2. The molecule has 3 rings (SSSR count). The number of anilines is 1. The normalized spacial score (nSPS) is 12.0. The number of imidazole rings is 1. The number of aromatic carboxylic acids is 1. The summed E-state index contributed by atoms with van der Waals surface area (Å²) in [5.74, 6) is -0.432. The summed E-state index contributed by atoms with van der Waals surface area (Å²) in [4.78, 5) is 15.8. The first-order chi connectivity index (χ1) is 15.5. The lowest BCUT2D eigenvalue weighted by Crippen LogP contribution is -2.30. The molecule has 0 atom stereocenters. The Morgan fingerprint density at radius 3 is 2.39 bits per heavy atom. The van der Waals surface area contributed by atoms with Crippen molar-refractivity contribution in [2.24, 2.45) is 0 Å². The van der Waals surface area contributed by atoms with Crippen LogP contribution >= 0.6 is 0 Å². The molecule has 33 heavy (non-hydrogen) atoms. The van der Waals surface area contributed by atoms with Gasteiger partial charge < -0.3 is 9.67 Å². The van der Waals surface area contributed by atoms with E-state index >= 15 is 0 Å². The molecule has 0 unspecified atom stereocenters. The number of aromatic nitrogens is 2. The number of unbranched alkanes of at least 4 members (excludes halogenated alkanes) is 1. The minimum atomic E-state index is -5.57. The number of halogens is 3. The van der Waals surface area contributed by atoms with E-state index in [1.54, 1.807) is 39.6 Å². The maximum absolute atomic E-state index is 12.8. The van der Waals surface area contributed by atoms with E-state index in [1.165, 1.54) is 24.4 Å². The first-order valence-electron chi connectivity index (χ1n) is 10.1. The summed E-state index contributed by atoms with van der Waals surface area (Å²) in [6, 6.07) is 12.5. The highest BCUT2D eigenvalue weighted by Gasteiger charge is 2.46. The number of sulfonamides is 1. The van der Waals surface area contributed by atoms with Crippen molar-refractivity contribution in [3.05, 3.63) is 71.8 Å². The first kappa shape index (κ1) is 24.3. The van der Waals surface area contributed by atoms with Gasteiger partial charge in [0, 0.05) is 18.5 Å². The quantitative estimate of drug-likeness (QED) is 0.453. The summed E-state index contributed by atoms with van der Waals surface area (Å²) in [5.41, 5.74) is -4.05. The second-order valence-corrected chi connectivity index (χ2v) is 9.02. The molecule has 0 aliphatic carbocycles. The number of rotatable bonds is 9. The zero-order valence-corrected chi connectivity index (χ0v) is 18.4. The lowest BCUT2D eigenvalue weighted by molar-refractivity contribution is -0.0429. The third-order valence-electron chi connectivity index (χ3n) is 4.99. The molecule has 0 bridgehead atoms. The molecule has 0 saturated heterocycles. The van der Waals surface area contributed by atoms with Gasteiger partial charge in [0.2, 0.25) is 0 Å². The largest absolute Gasteiger partial charge is 0.516 e. The predicted octanol–water partition coefficient (Wildman–Crippen LogP) is 4.90. The van der Waals surface area contributed by atoms with Gasteiger partial charge in [0.05, 0.1) is 11.9 Å². The molecule has 176 valence electrons. The number of para-hydroxylation sites is 1. The van der Waals surface area contributed by atoms with E-state index in [2.05, 4.69) is 4.98 Å². The fourth-order valence-corrected chi connectivity index (χ4v) is 3.88. The summed E-state index contributed by atoms with van der Waals surface area (Å²) in [6.07, 6.45) is 3.75. The van der Waals surface area contributed by atoms with Crippen molar-refractivity contribution in [3.63, 3.8) is 0 Å². The molecular weight excluding hydrogens is 459 g/mol. The van der Waals surface area contributed by atoms with Crippen LogP contribution in [0.1, 0.15) is 41.6 Å². The second-order valence-electron chi connectivity index (χ2n) is 7.35. The molecule has 0 saturated carbocycles. The number of hydrogen-bond acceptors (Lipinski definition) is 4. The molecule has 0 spiro atoms. The number of alkyl halides is 3. The number of hydrogen-bond donors (Lipinski definition) is 2. The van der Waals surface area contributed by atoms with E-state index in [0.29, 0.717) is 17.8 Å². The van der Waals surface area contributed by atoms with Crippen molar-refractivity contribution in [2.45, 2.75) is 38.2 Å². The summed E-state index contributed by atoms with van der Waals surface area (Å²) in [6.45, 7) is 2.28. The first-order valence-corrected chi connectivity index (χ1v) is 11.6. The average Bonchev–Trinajstić information content (AvgIpc) is 3.15. The Balaban J connectivity index is 1.89. The molecule has 1 heterocycles. The fraction of sp³-hybridized carbons (Fsp3) is 0.273. The van der Waals surface area contributed by atoms with E-state index in [4.69, 9.17) is 0 Å². The lowest BCUT2D eigenvalue weighted by atomic mass is 10.0. The zero-order chi connectivity index (χ0) is 24.2. The number of nitrogens with one attached hydrogen (secondary N) is 1. The van der Waals surface area contributed by atoms with Gasteiger partial charge in [0.25, 0.3) is 0 Å². The van der Waals surface area contributed by atoms with Crippen LogP contribution in [0.15, 0.2) is 54.7 Å². The van der Waals surface area contributed by atoms with E-state index < -0.39 is 21.5 Å². The Bertz CT molecular complexity index is 1240. The highest BCUT2D eigenvalue weighted by Crippen LogP contribution is 2.32. The van der Waals surface area contributed by atoms with E-state index in [1.807, 2.05) is 6.92 Å². The lowest BCUT2D eigenvalue weighted by Gasteiger charge is -2.15. The number of benzene rings is 2. The summed E-state index contributed by atoms with van der Waals surface area (Å²) >= 11 is 0. The van der Waals surface area contributed by atoms with Crippen molar-refractivity contribution >= 4 is 21.7 Å². The Morgan fingerprint density at radius 1 is 1.12 bits per heavy atom. The molecule has 2 N–H and O–H groups in total. The summed E-state index contributed by atoms with van der Waals surface area (Å²) in [7, 11) is -5.57. The Labute approximate surface area is 189 Å². The van der Waals surface area contributed by atoms with Crippen molar-refractivity contribution in [2.75, 3.05) is 4.72 Å². The molecular formula is C22H22F3N3O4S. The molecule has 2 aromatic carbocycles. The van der Waals surface area contributed by atoms with Crippen molar-refractivity contribution in [1.29, 1.82) is 0 Å². The maximum atomic E-state index is 12.8. The van der Waals surface area contributed by atoms with Crippen LogP contribution in [0.25, 0.3) is 11.1 Å². The highest BCUT2D eigenvalue weighted by molar-refractivity contribution is 7.93. The van der Waals surface area contributed by atoms with Crippen molar-refractivity contribution in [3.8, 4) is 11.1 Å². The standard InChI is InChI=1S/C22H22F3N3O4S/c1-2-3-8-20-26-13-19(21(29)30)28(20)14-15-9-11-16(12-10-15)17-6-4-5-7-18(17)27-33(31,32)22(23,24)25/h4-7,9-13,27H,2-3,8,14H2,1H3,(H,29,30). The van der Waals surface area contributed by atoms with Gasteiger partial charge in [-0.05, 0) is 23.6 Å². The number of aryl methyl sites for hydroxylation is 1. The van der Waals surface area contributed by atoms with Gasteiger partial charge in [-0.25, -0.2) is 9.78 Å². The average molecular weight is 481 g/mol. The van der Waals surface area contributed by atoms with E-state index in [9.17, 15) is 31.5 Å². The minimum Gasteiger partial charge on any atom is -0.477 e. The predicted molar refractivity (Wildman–Crippen MR) is 117 cm³/mol. The van der Waals surface area contributed by atoms with Gasteiger partial charge >= 0.3 is 21.5 Å². The van der Waals surface area contributed by atoms with Gasteiger partial charge in [0.1, 0.15) is 11.5 Å². The maximum Gasteiger partial charge on any atom is 0.516 e. The van der Waals surface area contributed by atoms with Crippen LogP contribution in [-0.2, 0) is 23.0 Å². The van der Waals surface area contributed by atoms with Crippen LogP contribution in [0.4, 0.5) is 18.9 Å². The van der Waals surface area contributed by atoms with Crippen LogP contribution in [-0.4, -0.2) is 34.6 Å². The monoisotopic (exact) mass is 481 g/mol. The van der Waals surface area contributed by atoms with E-state index in [0.717, 1.165) is 18.4 Å². The number of carbonyl (C=O) groups is 1. The fourth-order valence-electron chi connectivity index (χ4n) is 3.29. The molecule has 7 nitrogen and oxygen atoms in total. The smallest absolute Gasteiger partial charge is 0.477 e. The minimum absolute atomic E-state index is 0.0667. The van der Waals surface area contributed by atoms with E-state index in [-0.39, 0.29) is 23.5 Å². The van der Waals surface area contributed by atoms with Gasteiger partial charge in [-0.2, -0.15) is 21.6 Å². The van der Waals surface area contributed by atoms with Gasteiger partial charge in [-0.15, -0.1) is 0 Å². The summed E-state index contributed by atoms with van der Waals surface area (Å²) < 4.78 is 64.7. The van der Waals surface area contributed by atoms with Crippen molar-refractivity contribution < 1.29 is 31.5 Å². The molecule has 0 fully saturated rings. The van der Waals surface area contributed by atoms with Crippen molar-refractivity contribution in [1.82, 2.24) is 9.55 Å². The topological polar surface area (TPSA) is 101 Å². The second kappa shape index (κ2) is 9.65. The van der Waals surface area contributed by atoms with Gasteiger partial charge in [-0.3, -0.25) is 4.72 Å². The zero-order valence-electron chi connectivity index (χ0n) is 17.6. The molecule has 1 aromatic heterocycles. The SMILES string of the molecule is CCCCc1ncc(C(=O)O)n1Cc1ccc(-c2ccccc2NS(=O)(=O)C(F)(F)F)cc1. The Kier molecular flexibility index (Phi) is 7.11. The molecule has 11 heteroatoms. The summed E-state index contributed by atoms with van der Waals surface area (Å²) in [5, 5.41) is 9.46. The van der Waals surface area contributed by atoms with Crippen LogP contribution in [0.2, 0.25) is 0 Å².